The predicted molar refractivity (Wildman–Crippen MR) is 80.7 cm³/mol. The number of nitrogen functional groups attached to an aromatic ring is 1. The molecule has 0 saturated heterocycles. The molecule has 0 saturated carbocycles. The van der Waals surface area contributed by atoms with Gasteiger partial charge in [-0.2, -0.15) is 0 Å². The molecule has 1 rings (SSSR count). The average molecular weight is 340 g/mol. The molecule has 0 atom stereocenters. The number of halogens is 2. The van der Waals surface area contributed by atoms with Crippen LogP contribution in [0.1, 0.15) is 10.4 Å². The van der Waals surface area contributed by atoms with Crippen molar-refractivity contribution in [2.45, 2.75) is 0 Å². The highest BCUT2D eigenvalue weighted by atomic mass is 35.5. The number of nitrogens with two attached hydrogens (primary N) is 1. The van der Waals surface area contributed by atoms with Crippen LogP contribution in [-0.4, -0.2) is 45.0 Å². The first kappa shape index (κ1) is 17.0. The number of nitrogens with one attached hydrogen (secondary N) is 1. The highest BCUT2D eigenvalue weighted by Crippen LogP contribution is 2.28. The molecule has 0 aliphatic carbocycles. The third-order valence-corrected chi connectivity index (χ3v) is 5.13. The molecule has 0 aliphatic rings. The van der Waals surface area contributed by atoms with Gasteiger partial charge in [0.15, 0.2) is 0 Å². The topological polar surface area (TPSA) is 92.5 Å². The zero-order valence-electron chi connectivity index (χ0n) is 11.0. The van der Waals surface area contributed by atoms with E-state index in [0.717, 1.165) is 4.31 Å². The van der Waals surface area contributed by atoms with E-state index in [2.05, 4.69) is 5.32 Å². The Labute approximate surface area is 127 Å². The molecule has 0 heterocycles. The van der Waals surface area contributed by atoms with Gasteiger partial charge in [-0.25, -0.2) is 12.7 Å². The first-order valence-corrected chi connectivity index (χ1v) is 7.94. The van der Waals surface area contributed by atoms with E-state index in [-0.39, 0.29) is 27.9 Å². The van der Waals surface area contributed by atoms with Crippen LogP contribution >= 0.6 is 23.2 Å². The summed E-state index contributed by atoms with van der Waals surface area (Å²) in [6.07, 6.45) is 0. The lowest BCUT2D eigenvalue weighted by Gasteiger charge is -2.12. The summed E-state index contributed by atoms with van der Waals surface area (Å²) in [7, 11) is -0.523. The van der Waals surface area contributed by atoms with Gasteiger partial charge in [0.2, 0.25) is 10.0 Å². The van der Waals surface area contributed by atoms with E-state index >= 15 is 0 Å². The van der Waals surface area contributed by atoms with Crippen molar-refractivity contribution >= 4 is 44.8 Å². The molecule has 1 aromatic carbocycles. The number of amides is 1. The third-order valence-electron chi connectivity index (χ3n) is 2.50. The minimum Gasteiger partial charge on any atom is -0.399 e. The SMILES string of the molecule is CN(C)S(=O)(=O)CCNC(=O)c1cc(N)cc(Cl)c1Cl. The first-order valence-electron chi connectivity index (χ1n) is 5.58. The number of sulfonamides is 1. The first-order chi connectivity index (χ1) is 9.15. The Balaban J connectivity index is 2.74. The summed E-state index contributed by atoms with van der Waals surface area (Å²) in [4.78, 5) is 11.9. The summed E-state index contributed by atoms with van der Waals surface area (Å²) < 4.78 is 24.1. The Morgan fingerprint density at radius 3 is 2.50 bits per heavy atom. The lowest BCUT2D eigenvalue weighted by molar-refractivity contribution is 0.0956. The monoisotopic (exact) mass is 339 g/mol. The van der Waals surface area contributed by atoms with Crippen molar-refractivity contribution in [3.8, 4) is 0 Å². The molecule has 0 spiro atoms. The number of hydrogen-bond acceptors (Lipinski definition) is 4. The number of carbonyl (C=O) groups excluding carboxylic acids is 1. The van der Waals surface area contributed by atoms with Gasteiger partial charge in [-0.05, 0) is 12.1 Å². The van der Waals surface area contributed by atoms with Crippen molar-refractivity contribution in [3.63, 3.8) is 0 Å². The zero-order valence-corrected chi connectivity index (χ0v) is 13.3. The van der Waals surface area contributed by atoms with E-state index in [1.807, 2.05) is 0 Å². The zero-order chi connectivity index (χ0) is 15.5. The van der Waals surface area contributed by atoms with Crippen LogP contribution in [-0.2, 0) is 10.0 Å². The van der Waals surface area contributed by atoms with E-state index in [1.54, 1.807) is 0 Å². The minimum absolute atomic E-state index is 0.0396. The quantitative estimate of drug-likeness (QED) is 0.788. The highest BCUT2D eigenvalue weighted by Gasteiger charge is 2.17. The van der Waals surface area contributed by atoms with Crippen molar-refractivity contribution in [2.75, 3.05) is 32.1 Å². The van der Waals surface area contributed by atoms with Crippen LogP contribution in [0.25, 0.3) is 0 Å². The van der Waals surface area contributed by atoms with Gasteiger partial charge in [-0.15, -0.1) is 0 Å². The highest BCUT2D eigenvalue weighted by molar-refractivity contribution is 7.89. The summed E-state index contributed by atoms with van der Waals surface area (Å²) in [6.45, 7) is -0.0396. The summed E-state index contributed by atoms with van der Waals surface area (Å²) in [5.74, 6) is -0.738. The maximum absolute atomic E-state index is 11.9. The summed E-state index contributed by atoms with van der Waals surface area (Å²) in [5.41, 5.74) is 5.98. The predicted octanol–water partition coefficient (Wildman–Crippen LogP) is 1.20. The fourth-order valence-electron chi connectivity index (χ4n) is 1.35. The molecule has 0 radical (unpaired) electrons. The van der Waals surface area contributed by atoms with Crippen LogP contribution in [0.3, 0.4) is 0 Å². The molecule has 0 aromatic heterocycles. The van der Waals surface area contributed by atoms with Gasteiger partial charge >= 0.3 is 0 Å². The molecule has 6 nitrogen and oxygen atoms in total. The molecule has 0 fully saturated rings. The van der Waals surface area contributed by atoms with E-state index in [0.29, 0.717) is 5.69 Å². The van der Waals surface area contributed by atoms with E-state index < -0.39 is 15.9 Å². The van der Waals surface area contributed by atoms with Crippen LogP contribution in [0.5, 0.6) is 0 Å². The fraction of sp³-hybridized carbons (Fsp3) is 0.364. The second-order valence-electron chi connectivity index (χ2n) is 4.22. The maximum atomic E-state index is 11.9. The van der Waals surface area contributed by atoms with Crippen LogP contribution < -0.4 is 11.1 Å². The fourth-order valence-corrected chi connectivity index (χ4v) is 2.49. The number of rotatable bonds is 5. The van der Waals surface area contributed by atoms with Crippen LogP contribution in [0.4, 0.5) is 5.69 Å². The maximum Gasteiger partial charge on any atom is 0.252 e. The van der Waals surface area contributed by atoms with Gasteiger partial charge in [0.1, 0.15) is 0 Å². The molecule has 1 amide bonds. The van der Waals surface area contributed by atoms with E-state index in [1.165, 1.54) is 26.2 Å². The molecule has 3 N–H and O–H groups in total. The van der Waals surface area contributed by atoms with Gasteiger partial charge in [0, 0.05) is 26.3 Å². The molecule has 0 aliphatic heterocycles. The molecular formula is C11H15Cl2N3O3S. The number of carbonyl (C=O) groups is 1. The summed E-state index contributed by atoms with van der Waals surface area (Å²) >= 11 is 11.7. The van der Waals surface area contributed by atoms with Crippen LogP contribution in [0.15, 0.2) is 12.1 Å². The van der Waals surface area contributed by atoms with Crippen LogP contribution in [0, 0.1) is 0 Å². The van der Waals surface area contributed by atoms with Gasteiger partial charge in [0.05, 0.1) is 21.4 Å². The van der Waals surface area contributed by atoms with Gasteiger partial charge in [-0.1, -0.05) is 23.2 Å². The smallest absolute Gasteiger partial charge is 0.252 e. The van der Waals surface area contributed by atoms with Gasteiger partial charge in [-0.3, -0.25) is 4.79 Å². The van der Waals surface area contributed by atoms with Crippen molar-refractivity contribution in [1.82, 2.24) is 9.62 Å². The summed E-state index contributed by atoms with van der Waals surface area (Å²) in [6, 6.07) is 2.81. The lowest BCUT2D eigenvalue weighted by Crippen LogP contribution is -2.34. The van der Waals surface area contributed by atoms with Crippen molar-refractivity contribution in [3.05, 3.63) is 27.7 Å². The Bertz CT molecular complexity index is 618. The summed E-state index contributed by atoms with van der Waals surface area (Å²) in [5, 5.41) is 2.70. The van der Waals surface area contributed by atoms with Crippen molar-refractivity contribution in [2.24, 2.45) is 0 Å². The third kappa shape index (κ3) is 4.24. The standard InChI is InChI=1S/C11H15Cl2N3O3S/c1-16(2)20(18,19)4-3-15-11(17)8-5-7(14)6-9(12)10(8)13/h5-6H,3-4,14H2,1-2H3,(H,15,17). The Kier molecular flexibility index (Phi) is 5.64. The van der Waals surface area contributed by atoms with Gasteiger partial charge < -0.3 is 11.1 Å². The normalized spacial score (nSPS) is 11.7. The number of anilines is 1. The molecular weight excluding hydrogens is 325 g/mol. The Morgan fingerprint density at radius 1 is 1.35 bits per heavy atom. The molecule has 1 aromatic rings. The Morgan fingerprint density at radius 2 is 1.95 bits per heavy atom. The Hall–Kier alpha value is -1.02. The second kappa shape index (κ2) is 6.62. The number of benzene rings is 1. The van der Waals surface area contributed by atoms with E-state index in [9.17, 15) is 13.2 Å². The van der Waals surface area contributed by atoms with Crippen LogP contribution in [0.2, 0.25) is 10.0 Å². The second-order valence-corrected chi connectivity index (χ2v) is 7.31. The van der Waals surface area contributed by atoms with E-state index in [4.69, 9.17) is 28.9 Å². The van der Waals surface area contributed by atoms with Gasteiger partial charge in [0.25, 0.3) is 5.91 Å². The molecule has 9 heteroatoms. The molecule has 0 unspecified atom stereocenters. The minimum atomic E-state index is -3.37. The van der Waals surface area contributed by atoms with Crippen molar-refractivity contribution < 1.29 is 13.2 Å². The molecule has 0 bridgehead atoms. The largest absolute Gasteiger partial charge is 0.399 e. The number of nitrogens with zero attached hydrogens (tertiary/aromatic N) is 1. The molecule has 20 heavy (non-hydrogen) atoms. The lowest BCUT2D eigenvalue weighted by atomic mass is 10.2. The van der Waals surface area contributed by atoms with Crippen molar-refractivity contribution in [1.29, 1.82) is 0 Å². The number of hydrogen-bond donors (Lipinski definition) is 2. The molecule has 112 valence electrons. The average Bonchev–Trinajstić information content (AvgIpc) is 2.33.